The van der Waals surface area contributed by atoms with Crippen molar-refractivity contribution in [3.05, 3.63) is 28.8 Å². The molecule has 1 aliphatic rings. The van der Waals surface area contributed by atoms with Crippen LogP contribution in [-0.4, -0.2) is 19.2 Å². The monoisotopic (exact) mass is 281 g/mol. The molecule has 0 radical (unpaired) electrons. The van der Waals surface area contributed by atoms with E-state index >= 15 is 0 Å². The second-order valence-corrected chi connectivity index (χ2v) is 5.97. The minimum Gasteiger partial charge on any atom is -0.489 e. The minimum absolute atomic E-state index is 0.253. The molecule has 106 valence electrons. The molecule has 3 heteroatoms. The molecule has 1 aliphatic carbocycles. The second kappa shape index (κ2) is 5.72. The molecule has 0 heterocycles. The molecule has 1 aromatic carbocycles. The largest absolute Gasteiger partial charge is 0.489 e. The summed E-state index contributed by atoms with van der Waals surface area (Å²) in [6.07, 6.45) is 3.64. The zero-order valence-corrected chi connectivity index (χ0v) is 13.1. The summed E-state index contributed by atoms with van der Waals surface area (Å²) in [5.41, 5.74) is 1.40. The van der Waals surface area contributed by atoms with Crippen LogP contribution in [0.1, 0.15) is 38.7 Å². The lowest BCUT2D eigenvalue weighted by molar-refractivity contribution is -0.0838. The average molecular weight is 282 g/mol. The van der Waals surface area contributed by atoms with Gasteiger partial charge in [-0.3, -0.25) is 0 Å². The van der Waals surface area contributed by atoms with Crippen LogP contribution in [0.2, 0.25) is 5.02 Å². The molecule has 2 unspecified atom stereocenters. The van der Waals surface area contributed by atoms with Gasteiger partial charge in [0.05, 0.1) is 0 Å². The van der Waals surface area contributed by atoms with Crippen LogP contribution >= 0.6 is 11.6 Å². The Bertz CT molecular complexity index is 442. The molecule has 0 spiro atoms. The van der Waals surface area contributed by atoms with Crippen molar-refractivity contribution < 1.29 is 4.74 Å². The summed E-state index contributed by atoms with van der Waals surface area (Å²) in [5.74, 6) is 0.929. The van der Waals surface area contributed by atoms with Crippen molar-refractivity contribution in [2.75, 3.05) is 7.05 Å². The Morgan fingerprint density at radius 1 is 1.37 bits per heavy atom. The Labute approximate surface area is 121 Å². The average Bonchev–Trinajstić information content (AvgIpc) is 2.39. The Balaban J connectivity index is 2.17. The predicted molar refractivity (Wildman–Crippen MR) is 81.1 cm³/mol. The molecular weight excluding hydrogens is 258 g/mol. The molecule has 1 N–H and O–H groups in total. The first-order chi connectivity index (χ1) is 9.07. The van der Waals surface area contributed by atoms with Crippen molar-refractivity contribution >= 4 is 11.6 Å². The molecule has 0 aromatic heterocycles. The maximum atomic E-state index is 6.27. The molecule has 0 amide bonds. The van der Waals surface area contributed by atoms with Crippen LogP contribution in [0.4, 0.5) is 0 Å². The topological polar surface area (TPSA) is 21.3 Å². The lowest BCUT2D eigenvalue weighted by Crippen LogP contribution is -2.63. The van der Waals surface area contributed by atoms with Gasteiger partial charge in [0.1, 0.15) is 11.9 Å². The zero-order chi connectivity index (χ0) is 14.0. The molecular formula is C16H24ClNO. The Morgan fingerprint density at radius 3 is 2.63 bits per heavy atom. The third-order valence-corrected chi connectivity index (χ3v) is 5.10. The van der Waals surface area contributed by atoms with E-state index < -0.39 is 0 Å². The van der Waals surface area contributed by atoms with Crippen molar-refractivity contribution in [3.63, 3.8) is 0 Å². The van der Waals surface area contributed by atoms with Crippen molar-refractivity contribution in [3.8, 4) is 5.75 Å². The summed E-state index contributed by atoms with van der Waals surface area (Å²) >= 11 is 6.06. The second-order valence-electron chi connectivity index (χ2n) is 5.53. The van der Waals surface area contributed by atoms with Crippen LogP contribution in [0, 0.1) is 12.3 Å². The van der Waals surface area contributed by atoms with Gasteiger partial charge in [-0.15, -0.1) is 0 Å². The van der Waals surface area contributed by atoms with Crippen molar-refractivity contribution in [1.29, 1.82) is 0 Å². The van der Waals surface area contributed by atoms with E-state index in [4.69, 9.17) is 16.3 Å². The van der Waals surface area contributed by atoms with Gasteiger partial charge in [0.25, 0.3) is 0 Å². The molecule has 0 aliphatic heterocycles. The van der Waals surface area contributed by atoms with Gasteiger partial charge in [0.15, 0.2) is 0 Å². The highest BCUT2D eigenvalue weighted by Gasteiger charge is 2.53. The lowest BCUT2D eigenvalue weighted by Gasteiger charge is -2.55. The third kappa shape index (κ3) is 2.48. The van der Waals surface area contributed by atoms with Crippen LogP contribution in [0.5, 0.6) is 5.75 Å². The number of nitrogens with one attached hydrogen (secondary N) is 1. The molecule has 1 saturated carbocycles. The summed E-state index contributed by atoms with van der Waals surface area (Å²) in [5, 5.41) is 4.17. The summed E-state index contributed by atoms with van der Waals surface area (Å²) in [6.45, 7) is 6.59. The van der Waals surface area contributed by atoms with E-state index in [1.54, 1.807) is 0 Å². The molecule has 0 saturated heterocycles. The van der Waals surface area contributed by atoms with Gasteiger partial charge in [0.2, 0.25) is 0 Å². The van der Waals surface area contributed by atoms with E-state index in [0.29, 0.717) is 6.04 Å². The number of benzene rings is 1. The fourth-order valence-electron chi connectivity index (χ4n) is 3.37. The Morgan fingerprint density at radius 2 is 2.05 bits per heavy atom. The van der Waals surface area contributed by atoms with E-state index in [2.05, 4.69) is 26.1 Å². The van der Waals surface area contributed by atoms with Gasteiger partial charge >= 0.3 is 0 Å². The maximum Gasteiger partial charge on any atom is 0.124 e. The van der Waals surface area contributed by atoms with Crippen LogP contribution in [0.25, 0.3) is 0 Å². The molecule has 19 heavy (non-hydrogen) atoms. The van der Waals surface area contributed by atoms with Crippen molar-refractivity contribution in [2.24, 2.45) is 5.41 Å². The number of halogens is 1. The standard InChI is InChI=1S/C16H24ClNO/c1-5-16(6-2)14(18-4)10-15(16)19-13-9-12(17)8-7-11(13)3/h7-9,14-15,18H,5-6,10H2,1-4H3. The zero-order valence-electron chi connectivity index (χ0n) is 12.3. The molecule has 2 nitrogen and oxygen atoms in total. The van der Waals surface area contributed by atoms with E-state index in [9.17, 15) is 0 Å². The number of hydrogen-bond acceptors (Lipinski definition) is 2. The van der Waals surface area contributed by atoms with E-state index in [0.717, 1.165) is 35.6 Å². The van der Waals surface area contributed by atoms with Gasteiger partial charge in [0, 0.05) is 22.9 Å². The maximum absolute atomic E-state index is 6.27. The van der Waals surface area contributed by atoms with Crippen molar-refractivity contribution in [1.82, 2.24) is 5.32 Å². The molecule has 1 fully saturated rings. The molecule has 1 aromatic rings. The van der Waals surface area contributed by atoms with E-state index in [1.807, 2.05) is 25.2 Å². The molecule has 2 rings (SSSR count). The van der Waals surface area contributed by atoms with Crippen LogP contribution in [0.15, 0.2) is 18.2 Å². The summed E-state index contributed by atoms with van der Waals surface area (Å²) in [7, 11) is 2.05. The minimum atomic E-state index is 0.253. The Hall–Kier alpha value is -0.730. The van der Waals surface area contributed by atoms with Crippen LogP contribution in [0.3, 0.4) is 0 Å². The Kier molecular flexibility index (Phi) is 4.42. The smallest absolute Gasteiger partial charge is 0.124 e. The van der Waals surface area contributed by atoms with Crippen LogP contribution < -0.4 is 10.1 Å². The number of hydrogen-bond donors (Lipinski definition) is 1. The quantitative estimate of drug-likeness (QED) is 0.874. The van der Waals surface area contributed by atoms with E-state index in [-0.39, 0.29) is 11.5 Å². The van der Waals surface area contributed by atoms with E-state index in [1.165, 1.54) is 0 Å². The van der Waals surface area contributed by atoms with Gasteiger partial charge in [-0.2, -0.15) is 0 Å². The number of ether oxygens (including phenoxy) is 1. The summed E-state index contributed by atoms with van der Waals surface area (Å²) in [6, 6.07) is 6.42. The SMILES string of the molecule is CCC1(CC)C(NC)CC1Oc1cc(Cl)ccc1C. The molecule has 0 bridgehead atoms. The van der Waals surface area contributed by atoms with Gasteiger partial charge in [-0.1, -0.05) is 31.5 Å². The predicted octanol–water partition coefficient (Wildman–Crippen LogP) is 4.19. The molecule has 2 atom stereocenters. The number of aryl methyl sites for hydroxylation is 1. The lowest BCUT2D eigenvalue weighted by atomic mass is 9.58. The van der Waals surface area contributed by atoms with Gasteiger partial charge in [-0.05, 0) is 44.5 Å². The fraction of sp³-hybridized carbons (Fsp3) is 0.625. The van der Waals surface area contributed by atoms with Gasteiger partial charge in [-0.25, -0.2) is 0 Å². The summed E-state index contributed by atoms with van der Waals surface area (Å²) in [4.78, 5) is 0. The number of rotatable bonds is 5. The highest BCUT2D eigenvalue weighted by Crippen LogP contribution is 2.49. The first kappa shape index (κ1) is 14.7. The first-order valence-electron chi connectivity index (χ1n) is 7.17. The fourth-order valence-corrected chi connectivity index (χ4v) is 3.53. The van der Waals surface area contributed by atoms with Crippen molar-refractivity contribution in [2.45, 2.75) is 52.2 Å². The van der Waals surface area contributed by atoms with Crippen LogP contribution in [-0.2, 0) is 0 Å². The normalized spacial score (nSPS) is 24.9. The van der Waals surface area contributed by atoms with Gasteiger partial charge < -0.3 is 10.1 Å². The highest BCUT2D eigenvalue weighted by molar-refractivity contribution is 6.30. The summed E-state index contributed by atoms with van der Waals surface area (Å²) < 4.78 is 6.27. The first-order valence-corrected chi connectivity index (χ1v) is 7.55. The highest BCUT2D eigenvalue weighted by atomic mass is 35.5. The third-order valence-electron chi connectivity index (χ3n) is 4.87.